The molecule has 1 unspecified atom stereocenters. The van der Waals surface area contributed by atoms with Crippen LogP contribution in [-0.2, 0) is 21.2 Å². The van der Waals surface area contributed by atoms with Crippen LogP contribution in [0.2, 0.25) is 5.02 Å². The lowest BCUT2D eigenvalue weighted by Crippen LogP contribution is -2.49. The average molecular weight is 407 g/mol. The molecule has 3 rings (SSSR count). The molecule has 0 spiro atoms. The Labute approximate surface area is 165 Å². The van der Waals surface area contributed by atoms with Gasteiger partial charge in [-0.25, -0.2) is 8.42 Å². The molecule has 2 aromatic carbocycles. The summed E-state index contributed by atoms with van der Waals surface area (Å²) in [5.41, 5.74) is 1.76. The average Bonchev–Trinajstić information content (AvgIpc) is 2.68. The van der Waals surface area contributed by atoms with Gasteiger partial charge in [0.1, 0.15) is 6.04 Å². The first-order valence-electron chi connectivity index (χ1n) is 9.09. The van der Waals surface area contributed by atoms with Gasteiger partial charge in [0.05, 0.1) is 4.90 Å². The van der Waals surface area contributed by atoms with Crippen molar-refractivity contribution in [2.75, 3.05) is 11.9 Å². The first kappa shape index (κ1) is 19.9. The molecule has 1 heterocycles. The highest BCUT2D eigenvalue weighted by molar-refractivity contribution is 7.89. The second-order valence-electron chi connectivity index (χ2n) is 6.58. The second kappa shape index (κ2) is 8.42. The lowest BCUT2D eigenvalue weighted by Gasteiger charge is -2.33. The monoisotopic (exact) mass is 406 g/mol. The summed E-state index contributed by atoms with van der Waals surface area (Å²) in [6.07, 6.45) is 2.85. The number of hydrogen-bond donors (Lipinski definition) is 1. The van der Waals surface area contributed by atoms with Gasteiger partial charge in [0.25, 0.3) is 0 Å². The van der Waals surface area contributed by atoms with E-state index in [9.17, 15) is 13.2 Å². The fourth-order valence-electron chi connectivity index (χ4n) is 3.36. The molecule has 1 amide bonds. The van der Waals surface area contributed by atoms with Crippen molar-refractivity contribution >= 4 is 33.2 Å². The maximum Gasteiger partial charge on any atom is 0.243 e. The zero-order chi connectivity index (χ0) is 19.4. The Balaban J connectivity index is 1.86. The number of piperidine rings is 1. The van der Waals surface area contributed by atoms with Crippen LogP contribution in [0.25, 0.3) is 0 Å². The number of halogens is 1. The predicted molar refractivity (Wildman–Crippen MR) is 107 cm³/mol. The van der Waals surface area contributed by atoms with Crippen LogP contribution >= 0.6 is 11.6 Å². The van der Waals surface area contributed by atoms with E-state index in [1.54, 1.807) is 12.1 Å². The van der Waals surface area contributed by atoms with Gasteiger partial charge in [-0.2, -0.15) is 4.31 Å². The van der Waals surface area contributed by atoms with E-state index in [0.717, 1.165) is 30.5 Å². The van der Waals surface area contributed by atoms with Gasteiger partial charge in [-0.15, -0.1) is 0 Å². The molecule has 1 saturated heterocycles. The number of aryl methyl sites for hydroxylation is 1. The molecule has 144 valence electrons. The number of benzene rings is 2. The molecular weight excluding hydrogens is 384 g/mol. The number of nitrogens with one attached hydrogen (secondary N) is 1. The van der Waals surface area contributed by atoms with E-state index in [1.807, 2.05) is 31.2 Å². The van der Waals surface area contributed by atoms with Gasteiger partial charge in [-0.05, 0) is 55.2 Å². The molecule has 5 nitrogen and oxygen atoms in total. The molecule has 1 aliphatic heterocycles. The van der Waals surface area contributed by atoms with Crippen molar-refractivity contribution < 1.29 is 13.2 Å². The third kappa shape index (κ3) is 4.34. The summed E-state index contributed by atoms with van der Waals surface area (Å²) in [7, 11) is -3.77. The summed E-state index contributed by atoms with van der Waals surface area (Å²) < 4.78 is 27.5. The molecule has 27 heavy (non-hydrogen) atoms. The van der Waals surface area contributed by atoms with Gasteiger partial charge in [-0.1, -0.05) is 43.1 Å². The summed E-state index contributed by atoms with van der Waals surface area (Å²) in [5, 5.41) is 3.40. The fraction of sp³-hybridized carbons (Fsp3) is 0.350. The number of carbonyl (C=O) groups excluding carboxylic acids is 1. The Morgan fingerprint density at radius 2 is 1.85 bits per heavy atom. The molecule has 1 atom stereocenters. The molecular formula is C20H23ClN2O3S. The van der Waals surface area contributed by atoms with Crippen molar-refractivity contribution in [1.82, 2.24) is 4.31 Å². The summed E-state index contributed by atoms with van der Waals surface area (Å²) in [4.78, 5) is 13.1. The Morgan fingerprint density at radius 1 is 1.15 bits per heavy atom. The maximum atomic E-state index is 13.1. The first-order chi connectivity index (χ1) is 12.9. The van der Waals surface area contributed by atoms with E-state index >= 15 is 0 Å². The van der Waals surface area contributed by atoms with Gasteiger partial charge in [0, 0.05) is 17.3 Å². The van der Waals surface area contributed by atoms with Crippen LogP contribution in [-0.4, -0.2) is 31.2 Å². The highest BCUT2D eigenvalue weighted by atomic mass is 35.5. The number of sulfonamides is 1. The Morgan fingerprint density at radius 3 is 2.56 bits per heavy atom. The summed E-state index contributed by atoms with van der Waals surface area (Å²) in [6, 6.07) is 12.9. The van der Waals surface area contributed by atoms with E-state index in [0.29, 0.717) is 18.0 Å². The SMILES string of the molecule is CCc1ccccc1NC(=O)C1CCCCN1S(=O)(=O)c1ccc(Cl)cc1. The number of para-hydroxylation sites is 1. The Hall–Kier alpha value is -1.89. The van der Waals surface area contributed by atoms with Crippen LogP contribution in [0, 0.1) is 0 Å². The highest BCUT2D eigenvalue weighted by Crippen LogP contribution is 2.27. The van der Waals surface area contributed by atoms with Crippen LogP contribution in [0.3, 0.4) is 0 Å². The Kier molecular flexibility index (Phi) is 6.19. The molecule has 1 fully saturated rings. The zero-order valence-electron chi connectivity index (χ0n) is 15.2. The topological polar surface area (TPSA) is 66.5 Å². The van der Waals surface area contributed by atoms with Crippen LogP contribution in [0.5, 0.6) is 0 Å². The number of carbonyl (C=O) groups is 1. The standard InChI is InChI=1S/C20H23ClN2O3S/c1-2-15-7-3-4-8-18(15)22-20(24)19-9-5-6-14-23(19)27(25,26)17-12-10-16(21)11-13-17/h3-4,7-8,10-13,19H,2,5-6,9,14H2,1H3,(H,22,24). The van der Waals surface area contributed by atoms with E-state index in [1.165, 1.54) is 16.4 Å². The van der Waals surface area contributed by atoms with Crippen molar-refractivity contribution in [2.45, 2.75) is 43.5 Å². The minimum atomic E-state index is -3.77. The lowest BCUT2D eigenvalue weighted by molar-refractivity contribution is -0.120. The minimum Gasteiger partial charge on any atom is -0.324 e. The van der Waals surface area contributed by atoms with Crippen LogP contribution in [0.4, 0.5) is 5.69 Å². The largest absolute Gasteiger partial charge is 0.324 e. The van der Waals surface area contributed by atoms with Gasteiger partial charge in [-0.3, -0.25) is 4.79 Å². The van der Waals surface area contributed by atoms with Gasteiger partial charge < -0.3 is 5.32 Å². The number of anilines is 1. The van der Waals surface area contributed by atoms with Crippen molar-refractivity contribution in [3.8, 4) is 0 Å². The lowest BCUT2D eigenvalue weighted by atomic mass is 10.0. The summed E-state index contributed by atoms with van der Waals surface area (Å²) >= 11 is 5.87. The quantitative estimate of drug-likeness (QED) is 0.813. The molecule has 1 N–H and O–H groups in total. The molecule has 7 heteroatoms. The van der Waals surface area contributed by atoms with Gasteiger partial charge in [0.2, 0.25) is 15.9 Å². The van der Waals surface area contributed by atoms with Crippen molar-refractivity contribution in [1.29, 1.82) is 0 Å². The summed E-state index contributed by atoms with van der Waals surface area (Å²) in [6.45, 7) is 2.35. The predicted octanol–water partition coefficient (Wildman–Crippen LogP) is 4.08. The maximum absolute atomic E-state index is 13.1. The van der Waals surface area contributed by atoms with E-state index in [-0.39, 0.29) is 10.8 Å². The third-order valence-electron chi connectivity index (χ3n) is 4.83. The molecule has 0 aromatic heterocycles. The normalized spacial score (nSPS) is 18.2. The molecule has 0 aliphatic carbocycles. The zero-order valence-corrected chi connectivity index (χ0v) is 16.8. The van der Waals surface area contributed by atoms with Gasteiger partial charge >= 0.3 is 0 Å². The van der Waals surface area contributed by atoms with Crippen molar-refractivity contribution in [3.63, 3.8) is 0 Å². The molecule has 1 aliphatic rings. The third-order valence-corrected chi connectivity index (χ3v) is 7.01. The first-order valence-corrected chi connectivity index (χ1v) is 10.9. The highest BCUT2D eigenvalue weighted by Gasteiger charge is 2.37. The number of hydrogen-bond acceptors (Lipinski definition) is 3. The molecule has 2 aromatic rings. The second-order valence-corrected chi connectivity index (χ2v) is 8.91. The molecule has 0 radical (unpaired) electrons. The van der Waals surface area contributed by atoms with Crippen molar-refractivity contribution in [3.05, 3.63) is 59.1 Å². The summed E-state index contributed by atoms with van der Waals surface area (Å²) in [5.74, 6) is -0.284. The smallest absolute Gasteiger partial charge is 0.243 e. The van der Waals surface area contributed by atoms with Gasteiger partial charge in [0.15, 0.2) is 0 Å². The van der Waals surface area contributed by atoms with E-state index < -0.39 is 16.1 Å². The number of amides is 1. The van der Waals surface area contributed by atoms with E-state index in [2.05, 4.69) is 5.32 Å². The minimum absolute atomic E-state index is 0.153. The van der Waals surface area contributed by atoms with Crippen LogP contribution in [0.1, 0.15) is 31.7 Å². The molecule has 0 saturated carbocycles. The fourth-order valence-corrected chi connectivity index (χ4v) is 5.15. The Bertz CT molecular complexity index is 913. The molecule has 0 bridgehead atoms. The van der Waals surface area contributed by atoms with Crippen molar-refractivity contribution in [2.24, 2.45) is 0 Å². The number of rotatable bonds is 5. The van der Waals surface area contributed by atoms with E-state index in [4.69, 9.17) is 11.6 Å². The van der Waals surface area contributed by atoms with Crippen LogP contribution in [0.15, 0.2) is 53.4 Å². The number of nitrogens with zero attached hydrogens (tertiary/aromatic N) is 1. The van der Waals surface area contributed by atoms with Crippen LogP contribution < -0.4 is 5.32 Å².